The number of aryl methyl sites for hydroxylation is 1. The van der Waals surface area contributed by atoms with Crippen molar-refractivity contribution in [2.75, 3.05) is 19.0 Å². The molecule has 1 aromatic carbocycles. The van der Waals surface area contributed by atoms with E-state index in [0.29, 0.717) is 5.69 Å². The maximum absolute atomic E-state index is 13.1. The lowest BCUT2D eigenvalue weighted by Crippen LogP contribution is -2.56. The molecule has 0 heterocycles. The van der Waals surface area contributed by atoms with Gasteiger partial charge in [0.15, 0.2) is 5.78 Å². The Morgan fingerprint density at radius 2 is 1.86 bits per heavy atom. The van der Waals surface area contributed by atoms with Crippen LogP contribution in [0, 0.1) is 24.2 Å². The van der Waals surface area contributed by atoms with Crippen LogP contribution in [0.5, 0.6) is 0 Å². The number of carbonyl (C=O) groups excluding carboxylic acids is 3. The Balaban J connectivity index is 1.58. The zero-order valence-corrected chi connectivity index (χ0v) is 17.9. The number of Topliss-reactive ketones (excluding diaryl/α,β-unsaturated/α-hetero) is 1. The second kappa shape index (κ2) is 7.78. The molecule has 0 aliphatic heterocycles. The van der Waals surface area contributed by atoms with E-state index < -0.39 is 11.6 Å². The number of hydrogen-bond acceptors (Lipinski definition) is 4. The molecule has 0 radical (unpaired) electrons. The van der Waals surface area contributed by atoms with Gasteiger partial charge in [-0.15, -0.1) is 0 Å². The van der Waals surface area contributed by atoms with E-state index in [1.165, 1.54) is 12.2 Å². The zero-order chi connectivity index (χ0) is 21.4. The molecule has 2 saturated carbocycles. The van der Waals surface area contributed by atoms with Crippen molar-refractivity contribution < 1.29 is 19.2 Å². The van der Waals surface area contributed by atoms with Crippen molar-refractivity contribution in [2.45, 2.75) is 52.5 Å². The summed E-state index contributed by atoms with van der Waals surface area (Å²) < 4.78 is 0. The highest BCUT2D eigenvalue weighted by Gasteiger charge is 2.81. The summed E-state index contributed by atoms with van der Waals surface area (Å²) in [6.45, 7) is 8.08. The van der Waals surface area contributed by atoms with Crippen molar-refractivity contribution in [3.63, 3.8) is 0 Å². The van der Waals surface area contributed by atoms with Crippen molar-refractivity contribution in [2.24, 2.45) is 17.3 Å². The molecule has 2 aliphatic rings. The lowest BCUT2D eigenvalue weighted by Gasteiger charge is -2.35. The van der Waals surface area contributed by atoms with E-state index in [0.717, 1.165) is 18.4 Å². The first-order valence-electron chi connectivity index (χ1n) is 10.2. The van der Waals surface area contributed by atoms with E-state index in [9.17, 15) is 14.4 Å². The van der Waals surface area contributed by atoms with Crippen molar-refractivity contribution >= 4 is 23.4 Å². The topological polar surface area (TPSA) is 87.7 Å². The fraction of sp³-hybridized carbons (Fsp3) is 0.591. The first-order valence-corrected chi connectivity index (χ1v) is 10.2. The highest BCUT2D eigenvalue weighted by Crippen LogP contribution is 2.70. The molecule has 3 unspecified atom stereocenters. The number of nitrogens with one attached hydrogen (secondary N) is 2. The van der Waals surface area contributed by atoms with Crippen LogP contribution in [-0.2, 0) is 14.4 Å². The van der Waals surface area contributed by atoms with Crippen LogP contribution >= 0.6 is 0 Å². The number of hydroxylamine groups is 2. The zero-order valence-electron chi connectivity index (χ0n) is 17.9. The summed E-state index contributed by atoms with van der Waals surface area (Å²) in [5.41, 5.74) is 0.578. The molecule has 7 nitrogen and oxygen atoms in total. The normalized spacial score (nSPS) is 27.0. The summed E-state index contributed by atoms with van der Waals surface area (Å²) in [5.74, 6) is -0.135. The van der Waals surface area contributed by atoms with Gasteiger partial charge in [-0.2, -0.15) is 5.06 Å². The molecule has 3 rings (SSSR count). The maximum atomic E-state index is 13.1. The first-order chi connectivity index (χ1) is 13.7. The van der Waals surface area contributed by atoms with Gasteiger partial charge in [0.05, 0.1) is 7.11 Å². The molecule has 158 valence electrons. The number of rotatable bonds is 6. The number of nitrogens with zero attached hydrogens (tertiary/aromatic N) is 1. The van der Waals surface area contributed by atoms with E-state index >= 15 is 0 Å². The molecule has 3 amide bonds. The number of ketones is 1. The Morgan fingerprint density at radius 1 is 1.21 bits per heavy atom. The number of fused-ring (bicyclic) bond motifs is 1. The first kappa shape index (κ1) is 21.3. The minimum Gasteiger partial charge on any atom is -0.336 e. The lowest BCUT2D eigenvalue weighted by molar-refractivity contribution is -0.166. The SMILES string of the molecule is CON(C(=O)NCCC(=O)Nc1ccc(C)cc1)C12C(=O)C(C)CCC1C2(C)C. The molecule has 1 aromatic rings. The van der Waals surface area contributed by atoms with Crippen molar-refractivity contribution in [1.29, 1.82) is 0 Å². The Morgan fingerprint density at radius 3 is 2.48 bits per heavy atom. The summed E-state index contributed by atoms with van der Waals surface area (Å²) in [4.78, 5) is 43.4. The van der Waals surface area contributed by atoms with Gasteiger partial charge in [0.2, 0.25) is 5.91 Å². The minimum atomic E-state index is -0.923. The van der Waals surface area contributed by atoms with Crippen LogP contribution in [0.25, 0.3) is 0 Å². The molecule has 0 bridgehead atoms. The fourth-order valence-electron chi connectivity index (χ4n) is 4.93. The van der Waals surface area contributed by atoms with Gasteiger partial charge in [-0.25, -0.2) is 4.79 Å². The molecule has 2 fully saturated rings. The smallest absolute Gasteiger partial charge is 0.336 e. The molecule has 2 N–H and O–H groups in total. The maximum Gasteiger partial charge on any atom is 0.342 e. The van der Waals surface area contributed by atoms with Gasteiger partial charge in [-0.3, -0.25) is 14.4 Å². The van der Waals surface area contributed by atoms with Crippen LogP contribution < -0.4 is 10.6 Å². The van der Waals surface area contributed by atoms with E-state index in [4.69, 9.17) is 4.84 Å². The van der Waals surface area contributed by atoms with Crippen LogP contribution in [0.2, 0.25) is 0 Å². The molecule has 29 heavy (non-hydrogen) atoms. The molecule has 3 atom stereocenters. The predicted octanol–water partition coefficient (Wildman–Crippen LogP) is 3.29. The monoisotopic (exact) mass is 401 g/mol. The van der Waals surface area contributed by atoms with Gasteiger partial charge in [0.25, 0.3) is 0 Å². The highest BCUT2D eigenvalue weighted by molar-refractivity contribution is 5.99. The number of carbonyl (C=O) groups is 3. The molecule has 0 aromatic heterocycles. The second-order valence-electron chi connectivity index (χ2n) is 8.76. The lowest BCUT2D eigenvalue weighted by atomic mass is 9.84. The Labute approximate surface area is 172 Å². The van der Waals surface area contributed by atoms with E-state index in [-0.39, 0.29) is 41.9 Å². The highest BCUT2D eigenvalue weighted by atomic mass is 16.7. The van der Waals surface area contributed by atoms with Gasteiger partial charge >= 0.3 is 6.03 Å². The largest absolute Gasteiger partial charge is 0.342 e. The van der Waals surface area contributed by atoms with Crippen molar-refractivity contribution in [1.82, 2.24) is 10.4 Å². The van der Waals surface area contributed by atoms with E-state index in [1.54, 1.807) is 0 Å². The van der Waals surface area contributed by atoms with Crippen molar-refractivity contribution in [3.05, 3.63) is 29.8 Å². The van der Waals surface area contributed by atoms with E-state index in [1.807, 2.05) is 52.0 Å². The van der Waals surface area contributed by atoms with Gasteiger partial charge in [-0.1, -0.05) is 38.5 Å². The third-order valence-electron chi connectivity index (χ3n) is 6.64. The van der Waals surface area contributed by atoms with Gasteiger partial charge in [0, 0.05) is 35.9 Å². The molecule has 2 aliphatic carbocycles. The van der Waals surface area contributed by atoms with Gasteiger partial charge in [0.1, 0.15) is 5.54 Å². The van der Waals surface area contributed by atoms with Gasteiger partial charge in [-0.05, 0) is 31.9 Å². The van der Waals surface area contributed by atoms with Crippen molar-refractivity contribution in [3.8, 4) is 0 Å². The van der Waals surface area contributed by atoms with E-state index in [2.05, 4.69) is 10.6 Å². The summed E-state index contributed by atoms with van der Waals surface area (Å²) in [6.07, 6.45) is 1.86. The number of urea groups is 1. The summed E-state index contributed by atoms with van der Waals surface area (Å²) in [5, 5.41) is 6.75. The average Bonchev–Trinajstić information content (AvgIpc) is 3.17. The third-order valence-corrected chi connectivity index (χ3v) is 6.64. The summed E-state index contributed by atoms with van der Waals surface area (Å²) in [7, 11) is 1.41. The Kier molecular flexibility index (Phi) is 5.72. The Hall–Kier alpha value is -2.41. The number of hydrogen-bond donors (Lipinski definition) is 2. The van der Waals surface area contributed by atoms with Crippen LogP contribution in [0.15, 0.2) is 24.3 Å². The van der Waals surface area contributed by atoms with Crippen LogP contribution in [0.4, 0.5) is 10.5 Å². The molecular weight excluding hydrogens is 370 g/mol. The summed E-state index contributed by atoms with van der Waals surface area (Å²) >= 11 is 0. The average molecular weight is 402 g/mol. The van der Waals surface area contributed by atoms with Crippen LogP contribution in [-0.4, -0.2) is 42.0 Å². The molecule has 0 saturated heterocycles. The molecule has 0 spiro atoms. The number of anilines is 1. The second-order valence-corrected chi connectivity index (χ2v) is 8.76. The Bertz CT molecular complexity index is 805. The van der Waals surface area contributed by atoms with Crippen LogP contribution in [0.1, 0.15) is 45.6 Å². The molecular formula is C22H31N3O4. The fourth-order valence-corrected chi connectivity index (χ4v) is 4.93. The third kappa shape index (κ3) is 3.52. The minimum absolute atomic E-state index is 0.0628. The predicted molar refractivity (Wildman–Crippen MR) is 110 cm³/mol. The van der Waals surface area contributed by atoms with Gasteiger partial charge < -0.3 is 10.6 Å². The van der Waals surface area contributed by atoms with Crippen LogP contribution in [0.3, 0.4) is 0 Å². The number of benzene rings is 1. The molecule has 7 heteroatoms. The number of amides is 3. The summed E-state index contributed by atoms with van der Waals surface area (Å²) in [6, 6.07) is 7.03. The standard InChI is InChI=1S/C22H31N3O4/c1-14-6-9-16(10-7-14)24-18(26)12-13-23-20(28)25(29-5)22-17(21(22,3)4)11-8-15(2)19(22)27/h6-7,9-10,15,17H,8,11-13H2,1-5H3,(H,23,28)(H,24,26). The quantitative estimate of drug-likeness (QED) is 0.716.